The zero-order valence-electron chi connectivity index (χ0n) is 7.38. The van der Waals surface area contributed by atoms with E-state index in [-0.39, 0.29) is 0 Å². The number of nitriles is 1. The first-order valence-corrected chi connectivity index (χ1v) is 4.19. The highest BCUT2D eigenvalue weighted by atomic mass is 15.1. The highest BCUT2D eigenvalue weighted by Crippen LogP contribution is 2.14. The van der Waals surface area contributed by atoms with Gasteiger partial charge in [-0.3, -0.25) is 0 Å². The summed E-state index contributed by atoms with van der Waals surface area (Å²) in [6, 6.07) is 15.1. The van der Waals surface area contributed by atoms with Gasteiger partial charge in [0.2, 0.25) is 0 Å². The van der Waals surface area contributed by atoms with Crippen molar-refractivity contribution in [3.05, 3.63) is 48.2 Å². The number of hydrogen-bond donors (Lipinski definition) is 0. The molecule has 3 nitrogen and oxygen atoms in total. The molecule has 0 bridgehead atoms. The molecule has 3 heteroatoms. The summed E-state index contributed by atoms with van der Waals surface area (Å²) in [6.07, 6.45) is 0. The van der Waals surface area contributed by atoms with Crippen LogP contribution in [0.1, 0.15) is 5.69 Å². The fraction of sp³-hybridized carbons (Fsp3) is 0. The second-order valence-electron chi connectivity index (χ2n) is 2.78. The molecule has 66 valence electrons. The number of rotatable bonds is 1. The van der Waals surface area contributed by atoms with Gasteiger partial charge in [-0.05, 0) is 12.1 Å². The van der Waals surface area contributed by atoms with Gasteiger partial charge in [0.15, 0.2) is 5.69 Å². The number of aromatic nitrogens is 2. The monoisotopic (exact) mass is 181 g/mol. The molecule has 0 radical (unpaired) electrons. The summed E-state index contributed by atoms with van der Waals surface area (Å²) in [5, 5.41) is 16.3. The first kappa shape index (κ1) is 8.39. The molecule has 1 aromatic carbocycles. The van der Waals surface area contributed by atoms with Crippen molar-refractivity contribution in [2.45, 2.75) is 0 Å². The lowest BCUT2D eigenvalue weighted by Gasteiger charge is -1.97. The molecule has 0 aliphatic rings. The molecule has 1 heterocycles. The molecular weight excluding hydrogens is 174 g/mol. The second-order valence-corrected chi connectivity index (χ2v) is 2.78. The van der Waals surface area contributed by atoms with Gasteiger partial charge in [0.25, 0.3) is 0 Å². The average Bonchev–Trinajstić information content (AvgIpc) is 2.30. The molecule has 1 aromatic heterocycles. The standard InChI is InChI=1S/C11H7N3/c12-8-10-6-7-11(14-13-10)9-4-2-1-3-5-9/h1-7H. The zero-order chi connectivity index (χ0) is 9.80. The maximum atomic E-state index is 8.55. The summed E-state index contributed by atoms with van der Waals surface area (Å²) in [5.74, 6) is 0. The third kappa shape index (κ3) is 1.59. The summed E-state index contributed by atoms with van der Waals surface area (Å²) >= 11 is 0. The summed E-state index contributed by atoms with van der Waals surface area (Å²) in [7, 11) is 0. The van der Waals surface area contributed by atoms with Crippen LogP contribution in [-0.2, 0) is 0 Å². The van der Waals surface area contributed by atoms with Crippen molar-refractivity contribution in [1.82, 2.24) is 10.2 Å². The number of nitrogens with zero attached hydrogens (tertiary/aromatic N) is 3. The number of hydrogen-bond acceptors (Lipinski definition) is 3. The van der Waals surface area contributed by atoms with E-state index >= 15 is 0 Å². The van der Waals surface area contributed by atoms with Crippen LogP contribution in [0.4, 0.5) is 0 Å². The van der Waals surface area contributed by atoms with E-state index in [1.165, 1.54) is 0 Å². The lowest BCUT2D eigenvalue weighted by molar-refractivity contribution is 1.02. The molecular formula is C11H7N3. The van der Waals surface area contributed by atoms with Gasteiger partial charge in [-0.1, -0.05) is 30.3 Å². The Labute approximate surface area is 81.7 Å². The molecule has 0 unspecified atom stereocenters. The predicted octanol–water partition coefficient (Wildman–Crippen LogP) is 2.02. The molecule has 0 aliphatic heterocycles. The summed E-state index contributed by atoms with van der Waals surface area (Å²) < 4.78 is 0. The maximum absolute atomic E-state index is 8.55. The normalized spacial score (nSPS) is 9.36. The van der Waals surface area contributed by atoms with Crippen molar-refractivity contribution in [2.24, 2.45) is 0 Å². The van der Waals surface area contributed by atoms with Crippen molar-refractivity contribution < 1.29 is 0 Å². The van der Waals surface area contributed by atoms with E-state index < -0.39 is 0 Å². The van der Waals surface area contributed by atoms with Crippen molar-refractivity contribution in [3.8, 4) is 17.3 Å². The number of benzene rings is 1. The van der Waals surface area contributed by atoms with Gasteiger partial charge in [-0.25, -0.2) is 0 Å². The van der Waals surface area contributed by atoms with E-state index in [9.17, 15) is 0 Å². The largest absolute Gasteiger partial charge is 0.191 e. The van der Waals surface area contributed by atoms with Crippen LogP contribution in [0.2, 0.25) is 0 Å². The maximum Gasteiger partial charge on any atom is 0.163 e. The average molecular weight is 181 g/mol. The van der Waals surface area contributed by atoms with E-state index in [0.29, 0.717) is 5.69 Å². The Kier molecular flexibility index (Phi) is 2.20. The van der Waals surface area contributed by atoms with Crippen LogP contribution >= 0.6 is 0 Å². The van der Waals surface area contributed by atoms with Gasteiger partial charge in [0, 0.05) is 5.56 Å². The van der Waals surface area contributed by atoms with E-state index in [4.69, 9.17) is 5.26 Å². The first-order chi connectivity index (χ1) is 6.90. The van der Waals surface area contributed by atoms with Crippen LogP contribution in [0.15, 0.2) is 42.5 Å². The molecule has 0 spiro atoms. The predicted molar refractivity (Wildman–Crippen MR) is 52.2 cm³/mol. The zero-order valence-corrected chi connectivity index (χ0v) is 7.38. The third-order valence-electron chi connectivity index (χ3n) is 1.85. The van der Waals surface area contributed by atoms with Gasteiger partial charge in [-0.15, -0.1) is 10.2 Å². The van der Waals surface area contributed by atoms with E-state index in [1.807, 2.05) is 36.4 Å². The van der Waals surface area contributed by atoms with E-state index in [0.717, 1.165) is 11.3 Å². The van der Waals surface area contributed by atoms with Gasteiger partial charge in [0.1, 0.15) is 6.07 Å². The van der Waals surface area contributed by atoms with E-state index in [2.05, 4.69) is 10.2 Å². The minimum Gasteiger partial charge on any atom is -0.191 e. The van der Waals surface area contributed by atoms with Crippen LogP contribution < -0.4 is 0 Å². The Hall–Kier alpha value is -2.21. The molecule has 2 rings (SSSR count). The van der Waals surface area contributed by atoms with Crippen molar-refractivity contribution in [2.75, 3.05) is 0 Å². The summed E-state index contributed by atoms with van der Waals surface area (Å²) in [6.45, 7) is 0. The third-order valence-corrected chi connectivity index (χ3v) is 1.85. The lowest BCUT2D eigenvalue weighted by Crippen LogP contribution is -1.89. The van der Waals surface area contributed by atoms with Crippen LogP contribution in [0.3, 0.4) is 0 Å². The van der Waals surface area contributed by atoms with Crippen molar-refractivity contribution in [1.29, 1.82) is 5.26 Å². The fourth-order valence-corrected chi connectivity index (χ4v) is 1.15. The molecule has 0 amide bonds. The minimum absolute atomic E-state index is 0.338. The van der Waals surface area contributed by atoms with Crippen LogP contribution in [0.5, 0.6) is 0 Å². The van der Waals surface area contributed by atoms with Crippen LogP contribution in [0.25, 0.3) is 11.3 Å². The quantitative estimate of drug-likeness (QED) is 0.676. The lowest BCUT2D eigenvalue weighted by atomic mass is 10.1. The van der Waals surface area contributed by atoms with Gasteiger partial charge in [0.05, 0.1) is 5.69 Å². The van der Waals surface area contributed by atoms with E-state index in [1.54, 1.807) is 12.1 Å². The van der Waals surface area contributed by atoms with Gasteiger partial charge >= 0.3 is 0 Å². The fourth-order valence-electron chi connectivity index (χ4n) is 1.15. The highest BCUT2D eigenvalue weighted by Gasteiger charge is 1.98. The first-order valence-electron chi connectivity index (χ1n) is 4.19. The SMILES string of the molecule is N#Cc1ccc(-c2ccccc2)nn1. The molecule has 0 N–H and O–H groups in total. The Balaban J connectivity index is 2.40. The molecule has 0 fully saturated rings. The highest BCUT2D eigenvalue weighted by molar-refractivity contribution is 5.58. The van der Waals surface area contributed by atoms with Crippen molar-refractivity contribution in [3.63, 3.8) is 0 Å². The Morgan fingerprint density at radius 3 is 2.29 bits per heavy atom. The second kappa shape index (κ2) is 3.67. The minimum atomic E-state index is 0.338. The summed E-state index contributed by atoms with van der Waals surface area (Å²) in [4.78, 5) is 0. The van der Waals surface area contributed by atoms with Gasteiger partial charge in [-0.2, -0.15) is 5.26 Å². The van der Waals surface area contributed by atoms with Gasteiger partial charge < -0.3 is 0 Å². The smallest absolute Gasteiger partial charge is 0.163 e. The molecule has 2 aromatic rings. The van der Waals surface area contributed by atoms with Crippen LogP contribution in [-0.4, -0.2) is 10.2 Å². The Morgan fingerprint density at radius 1 is 0.929 bits per heavy atom. The Morgan fingerprint density at radius 2 is 1.71 bits per heavy atom. The Bertz CT molecular complexity index is 454. The van der Waals surface area contributed by atoms with Crippen LogP contribution in [0, 0.1) is 11.3 Å². The molecule has 0 saturated carbocycles. The topological polar surface area (TPSA) is 49.6 Å². The molecule has 0 saturated heterocycles. The van der Waals surface area contributed by atoms with Crippen molar-refractivity contribution >= 4 is 0 Å². The summed E-state index contributed by atoms with van der Waals surface area (Å²) in [5.41, 5.74) is 2.12. The molecule has 14 heavy (non-hydrogen) atoms. The molecule has 0 atom stereocenters. The molecule has 0 aliphatic carbocycles.